The van der Waals surface area contributed by atoms with E-state index in [9.17, 15) is 8.78 Å². The van der Waals surface area contributed by atoms with Crippen molar-refractivity contribution in [2.45, 2.75) is 32.7 Å². The molecule has 2 N–H and O–H groups in total. The van der Waals surface area contributed by atoms with Gasteiger partial charge in [-0.05, 0) is 32.0 Å². The summed E-state index contributed by atoms with van der Waals surface area (Å²) in [6.07, 6.45) is 2.05. The second-order valence-corrected chi connectivity index (χ2v) is 4.55. The normalized spacial score (nSPS) is 13.0. The lowest BCUT2D eigenvalue weighted by Gasteiger charge is -2.25. The molecule has 4 heteroatoms. The maximum atomic E-state index is 13.6. The molecule has 0 saturated heterocycles. The van der Waals surface area contributed by atoms with Crippen molar-refractivity contribution in [2.75, 3.05) is 19.6 Å². The third-order valence-electron chi connectivity index (χ3n) is 2.92. The molecule has 1 rings (SSSR count). The zero-order valence-corrected chi connectivity index (χ0v) is 11.1. The van der Waals surface area contributed by atoms with E-state index in [2.05, 4.69) is 18.7 Å². The molecule has 102 valence electrons. The molecule has 0 amide bonds. The molecule has 1 aromatic carbocycles. The highest BCUT2D eigenvalue weighted by molar-refractivity contribution is 5.22. The van der Waals surface area contributed by atoms with Gasteiger partial charge in [-0.3, -0.25) is 0 Å². The second-order valence-electron chi connectivity index (χ2n) is 4.55. The van der Waals surface area contributed by atoms with Crippen LogP contribution in [0.5, 0.6) is 0 Å². The standard InChI is InChI=1S/C14H22F2N2/c1-3-8-18(9-4-2)10-13(17)11-6-5-7-12(15)14(11)16/h5-7,13H,3-4,8-10,17H2,1-2H3. The first-order valence-corrected chi connectivity index (χ1v) is 6.52. The van der Waals surface area contributed by atoms with Crippen molar-refractivity contribution in [2.24, 2.45) is 5.73 Å². The summed E-state index contributed by atoms with van der Waals surface area (Å²) >= 11 is 0. The predicted octanol–water partition coefficient (Wildman–Crippen LogP) is 3.09. The van der Waals surface area contributed by atoms with Gasteiger partial charge in [0.2, 0.25) is 0 Å². The quantitative estimate of drug-likeness (QED) is 0.812. The van der Waals surface area contributed by atoms with E-state index in [1.165, 1.54) is 6.07 Å². The van der Waals surface area contributed by atoms with E-state index in [0.717, 1.165) is 32.0 Å². The number of benzene rings is 1. The molecular formula is C14H22F2N2. The van der Waals surface area contributed by atoms with Gasteiger partial charge in [0.15, 0.2) is 11.6 Å². The fraction of sp³-hybridized carbons (Fsp3) is 0.571. The number of hydrogen-bond acceptors (Lipinski definition) is 2. The predicted molar refractivity (Wildman–Crippen MR) is 70.3 cm³/mol. The molecule has 18 heavy (non-hydrogen) atoms. The summed E-state index contributed by atoms with van der Waals surface area (Å²) in [5, 5.41) is 0. The van der Waals surface area contributed by atoms with E-state index in [0.29, 0.717) is 6.54 Å². The maximum absolute atomic E-state index is 13.6. The Labute approximate surface area is 108 Å². The minimum atomic E-state index is -0.833. The molecule has 0 aliphatic carbocycles. The molecule has 0 aliphatic heterocycles. The molecule has 0 spiro atoms. The van der Waals surface area contributed by atoms with E-state index < -0.39 is 17.7 Å². The lowest BCUT2D eigenvalue weighted by molar-refractivity contribution is 0.256. The van der Waals surface area contributed by atoms with Crippen molar-refractivity contribution in [1.29, 1.82) is 0 Å². The van der Waals surface area contributed by atoms with E-state index >= 15 is 0 Å². The van der Waals surface area contributed by atoms with Gasteiger partial charge < -0.3 is 10.6 Å². The number of rotatable bonds is 7. The van der Waals surface area contributed by atoms with Crippen molar-refractivity contribution in [3.63, 3.8) is 0 Å². The third-order valence-corrected chi connectivity index (χ3v) is 2.92. The van der Waals surface area contributed by atoms with Crippen LogP contribution in [0.15, 0.2) is 18.2 Å². The molecule has 1 unspecified atom stereocenters. The van der Waals surface area contributed by atoms with Gasteiger partial charge in [-0.25, -0.2) is 8.78 Å². The molecule has 1 aromatic rings. The van der Waals surface area contributed by atoms with Crippen LogP contribution in [0.4, 0.5) is 8.78 Å². The number of halogens is 2. The summed E-state index contributed by atoms with van der Waals surface area (Å²) in [7, 11) is 0. The van der Waals surface area contributed by atoms with Crippen molar-refractivity contribution in [1.82, 2.24) is 4.90 Å². The Morgan fingerprint density at radius 1 is 1.17 bits per heavy atom. The Morgan fingerprint density at radius 2 is 1.78 bits per heavy atom. The molecule has 1 atom stereocenters. The zero-order valence-electron chi connectivity index (χ0n) is 11.1. The van der Waals surface area contributed by atoms with Crippen LogP contribution in [0, 0.1) is 11.6 Å². The number of nitrogens with two attached hydrogens (primary N) is 1. The zero-order chi connectivity index (χ0) is 13.5. The lowest BCUT2D eigenvalue weighted by atomic mass is 10.1. The Morgan fingerprint density at radius 3 is 2.33 bits per heavy atom. The van der Waals surface area contributed by atoms with Crippen LogP contribution in [0.1, 0.15) is 38.3 Å². The summed E-state index contributed by atoms with van der Waals surface area (Å²) in [5.41, 5.74) is 6.23. The SMILES string of the molecule is CCCN(CCC)CC(N)c1cccc(F)c1F. The Hall–Kier alpha value is -1.00. The average molecular weight is 256 g/mol. The fourth-order valence-electron chi connectivity index (χ4n) is 2.11. The molecule has 0 aliphatic rings. The van der Waals surface area contributed by atoms with E-state index in [4.69, 9.17) is 5.73 Å². The fourth-order valence-corrected chi connectivity index (χ4v) is 2.11. The van der Waals surface area contributed by atoms with Crippen LogP contribution in [-0.4, -0.2) is 24.5 Å². The minimum absolute atomic E-state index is 0.257. The molecule has 0 heterocycles. The van der Waals surface area contributed by atoms with Crippen LogP contribution in [0.25, 0.3) is 0 Å². The average Bonchev–Trinajstić information content (AvgIpc) is 2.33. The summed E-state index contributed by atoms with van der Waals surface area (Å²) in [6, 6.07) is 3.68. The Kier molecular flexibility index (Phi) is 6.22. The van der Waals surface area contributed by atoms with Gasteiger partial charge in [0.05, 0.1) is 0 Å². The van der Waals surface area contributed by atoms with Gasteiger partial charge in [-0.15, -0.1) is 0 Å². The molecule has 0 bridgehead atoms. The van der Waals surface area contributed by atoms with Crippen LogP contribution < -0.4 is 5.73 Å². The van der Waals surface area contributed by atoms with Gasteiger partial charge in [0.1, 0.15) is 0 Å². The number of nitrogens with zero attached hydrogens (tertiary/aromatic N) is 1. The summed E-state index contributed by atoms with van der Waals surface area (Å²) < 4.78 is 26.7. The van der Waals surface area contributed by atoms with E-state index in [1.54, 1.807) is 6.07 Å². The molecular weight excluding hydrogens is 234 g/mol. The van der Waals surface area contributed by atoms with Crippen molar-refractivity contribution in [3.05, 3.63) is 35.4 Å². The Balaban J connectivity index is 2.73. The van der Waals surface area contributed by atoms with Gasteiger partial charge >= 0.3 is 0 Å². The second kappa shape index (κ2) is 7.44. The summed E-state index contributed by atoms with van der Waals surface area (Å²) in [5.74, 6) is -1.65. The van der Waals surface area contributed by atoms with Crippen LogP contribution >= 0.6 is 0 Å². The largest absolute Gasteiger partial charge is 0.323 e. The molecule has 0 radical (unpaired) electrons. The summed E-state index contributed by atoms with van der Waals surface area (Å²) in [4.78, 5) is 2.19. The minimum Gasteiger partial charge on any atom is -0.323 e. The third kappa shape index (κ3) is 4.03. The van der Waals surface area contributed by atoms with Crippen LogP contribution in [0.2, 0.25) is 0 Å². The highest BCUT2D eigenvalue weighted by Gasteiger charge is 2.17. The monoisotopic (exact) mass is 256 g/mol. The van der Waals surface area contributed by atoms with Crippen LogP contribution in [0.3, 0.4) is 0 Å². The molecule has 0 fully saturated rings. The first kappa shape index (κ1) is 15.1. The topological polar surface area (TPSA) is 29.3 Å². The molecule has 0 aromatic heterocycles. The smallest absolute Gasteiger partial charge is 0.163 e. The Bertz CT molecular complexity index is 363. The van der Waals surface area contributed by atoms with Gasteiger partial charge in [-0.1, -0.05) is 26.0 Å². The molecule has 0 saturated carbocycles. The first-order valence-electron chi connectivity index (χ1n) is 6.52. The molecule has 2 nitrogen and oxygen atoms in total. The number of hydrogen-bond donors (Lipinski definition) is 1. The van der Waals surface area contributed by atoms with Crippen molar-refractivity contribution in [3.8, 4) is 0 Å². The van der Waals surface area contributed by atoms with Crippen molar-refractivity contribution >= 4 is 0 Å². The highest BCUT2D eigenvalue weighted by Crippen LogP contribution is 2.18. The van der Waals surface area contributed by atoms with Gasteiger partial charge in [0, 0.05) is 18.2 Å². The highest BCUT2D eigenvalue weighted by atomic mass is 19.2. The van der Waals surface area contributed by atoms with E-state index in [-0.39, 0.29) is 5.56 Å². The van der Waals surface area contributed by atoms with Gasteiger partial charge in [0.25, 0.3) is 0 Å². The van der Waals surface area contributed by atoms with Crippen LogP contribution in [-0.2, 0) is 0 Å². The lowest BCUT2D eigenvalue weighted by Crippen LogP contribution is -2.34. The van der Waals surface area contributed by atoms with E-state index in [1.807, 2.05) is 0 Å². The maximum Gasteiger partial charge on any atom is 0.163 e. The first-order chi connectivity index (χ1) is 8.60. The van der Waals surface area contributed by atoms with Crippen molar-refractivity contribution < 1.29 is 8.78 Å². The summed E-state index contributed by atoms with van der Waals surface area (Å²) in [6.45, 7) is 6.60. The van der Waals surface area contributed by atoms with Gasteiger partial charge in [-0.2, -0.15) is 0 Å².